The average Bonchev–Trinajstić information content (AvgIpc) is 2.46. The van der Waals surface area contributed by atoms with Crippen molar-refractivity contribution in [1.82, 2.24) is 0 Å². The van der Waals surface area contributed by atoms with Crippen molar-refractivity contribution in [2.45, 2.75) is 6.61 Å². The van der Waals surface area contributed by atoms with Crippen LogP contribution < -0.4 is 4.74 Å². The van der Waals surface area contributed by atoms with E-state index in [2.05, 4.69) is 0 Å². The molecule has 0 aliphatic rings. The summed E-state index contributed by atoms with van der Waals surface area (Å²) >= 11 is 5.77. The van der Waals surface area contributed by atoms with Crippen molar-refractivity contribution in [3.8, 4) is 5.75 Å². The molecule has 0 aliphatic carbocycles. The highest BCUT2D eigenvalue weighted by atomic mass is 35.5. The summed E-state index contributed by atoms with van der Waals surface area (Å²) in [5.41, 5.74) is 1.32. The Hall–Kier alpha value is -2.33. The summed E-state index contributed by atoms with van der Waals surface area (Å²) in [6, 6.07) is 11.3. The van der Waals surface area contributed by atoms with E-state index in [0.717, 1.165) is 11.6 Å². The molecule has 0 radical (unpaired) electrons. The lowest BCUT2D eigenvalue weighted by Crippen LogP contribution is -1.97. The highest BCUT2D eigenvalue weighted by Gasteiger charge is 2.04. The number of halogens is 2. The van der Waals surface area contributed by atoms with Gasteiger partial charge in [-0.15, -0.1) is 0 Å². The zero-order valence-corrected chi connectivity index (χ0v) is 11.7. The standard InChI is InChI=1S/C16H12ClFO3/c17-13-5-1-12(2-6-13)10-21-15-7-3-11(9-14(15)18)4-8-16(19)20/h1-9H,10H2,(H,19,20)/b8-4+. The third kappa shape index (κ3) is 4.61. The number of carboxylic acids is 1. The number of hydrogen-bond donors (Lipinski definition) is 1. The Morgan fingerprint density at radius 3 is 2.57 bits per heavy atom. The predicted molar refractivity (Wildman–Crippen MR) is 78.9 cm³/mol. The number of hydrogen-bond acceptors (Lipinski definition) is 2. The third-order valence-electron chi connectivity index (χ3n) is 2.68. The Morgan fingerprint density at radius 2 is 1.95 bits per heavy atom. The fourth-order valence-corrected chi connectivity index (χ4v) is 1.77. The van der Waals surface area contributed by atoms with Crippen molar-refractivity contribution in [3.05, 3.63) is 70.5 Å². The van der Waals surface area contributed by atoms with Crippen molar-refractivity contribution in [2.24, 2.45) is 0 Å². The fraction of sp³-hybridized carbons (Fsp3) is 0.0625. The van der Waals surface area contributed by atoms with Crippen molar-refractivity contribution < 1.29 is 19.0 Å². The van der Waals surface area contributed by atoms with Gasteiger partial charge >= 0.3 is 5.97 Å². The molecule has 0 saturated heterocycles. The van der Waals surface area contributed by atoms with E-state index in [9.17, 15) is 9.18 Å². The van der Waals surface area contributed by atoms with Crippen LogP contribution in [0.2, 0.25) is 5.02 Å². The summed E-state index contributed by atoms with van der Waals surface area (Å²) in [5.74, 6) is -1.52. The molecule has 0 aliphatic heterocycles. The molecule has 5 heteroatoms. The first-order chi connectivity index (χ1) is 10.0. The van der Waals surface area contributed by atoms with Crippen molar-refractivity contribution >= 4 is 23.6 Å². The van der Waals surface area contributed by atoms with Crippen molar-refractivity contribution in [2.75, 3.05) is 0 Å². The first-order valence-corrected chi connectivity index (χ1v) is 6.50. The van der Waals surface area contributed by atoms with Crippen LogP contribution in [0.4, 0.5) is 4.39 Å². The van der Waals surface area contributed by atoms with Gasteiger partial charge in [-0.2, -0.15) is 0 Å². The Labute approximate surface area is 126 Å². The molecule has 0 unspecified atom stereocenters. The number of carbonyl (C=O) groups is 1. The minimum Gasteiger partial charge on any atom is -0.486 e. The molecule has 0 heterocycles. The second-order valence-corrected chi connectivity index (χ2v) is 4.71. The molecule has 1 N–H and O–H groups in total. The molecule has 2 aromatic rings. The highest BCUT2D eigenvalue weighted by Crippen LogP contribution is 2.20. The molecule has 0 amide bonds. The molecule has 2 aromatic carbocycles. The monoisotopic (exact) mass is 306 g/mol. The molecule has 0 bridgehead atoms. The van der Waals surface area contributed by atoms with Gasteiger partial charge in [0.05, 0.1) is 0 Å². The highest BCUT2D eigenvalue weighted by molar-refractivity contribution is 6.30. The number of aliphatic carboxylic acids is 1. The van der Waals surface area contributed by atoms with Gasteiger partial charge in [0.25, 0.3) is 0 Å². The Kier molecular flexibility index (Phi) is 4.95. The Morgan fingerprint density at radius 1 is 1.24 bits per heavy atom. The molecule has 21 heavy (non-hydrogen) atoms. The number of rotatable bonds is 5. The van der Waals surface area contributed by atoms with E-state index >= 15 is 0 Å². The molecule has 3 nitrogen and oxygen atoms in total. The van der Waals surface area contributed by atoms with Crippen LogP contribution in [0.1, 0.15) is 11.1 Å². The Bertz CT molecular complexity index is 666. The van der Waals surface area contributed by atoms with E-state index in [1.807, 2.05) is 0 Å². The van der Waals surface area contributed by atoms with E-state index < -0.39 is 11.8 Å². The fourth-order valence-electron chi connectivity index (χ4n) is 1.65. The number of ether oxygens (including phenoxy) is 1. The summed E-state index contributed by atoms with van der Waals surface area (Å²) in [4.78, 5) is 10.4. The molecule has 0 spiro atoms. The van der Waals surface area contributed by atoms with Gasteiger partial charge < -0.3 is 9.84 Å². The summed E-state index contributed by atoms with van der Waals surface area (Å²) in [5, 5.41) is 9.14. The van der Waals surface area contributed by atoms with E-state index in [1.165, 1.54) is 18.2 Å². The van der Waals surface area contributed by atoms with E-state index in [-0.39, 0.29) is 12.4 Å². The van der Waals surface area contributed by atoms with Crippen LogP contribution in [-0.4, -0.2) is 11.1 Å². The van der Waals surface area contributed by atoms with Gasteiger partial charge in [0, 0.05) is 11.1 Å². The van der Waals surface area contributed by atoms with Crippen LogP contribution in [-0.2, 0) is 11.4 Å². The van der Waals surface area contributed by atoms with Crippen LogP contribution in [0, 0.1) is 5.82 Å². The summed E-state index contributed by atoms with van der Waals surface area (Å²) in [6.07, 6.45) is 2.26. The average molecular weight is 307 g/mol. The van der Waals surface area contributed by atoms with Gasteiger partial charge in [0.15, 0.2) is 11.6 Å². The SMILES string of the molecule is O=C(O)/C=C/c1ccc(OCc2ccc(Cl)cc2)c(F)c1. The zero-order chi connectivity index (χ0) is 15.2. The normalized spacial score (nSPS) is 10.8. The van der Waals surface area contributed by atoms with Gasteiger partial charge in [-0.3, -0.25) is 0 Å². The molecule has 0 atom stereocenters. The minimum atomic E-state index is -1.08. The van der Waals surface area contributed by atoms with E-state index in [4.69, 9.17) is 21.4 Å². The van der Waals surface area contributed by atoms with Gasteiger partial charge in [0.1, 0.15) is 6.61 Å². The van der Waals surface area contributed by atoms with E-state index in [0.29, 0.717) is 10.6 Å². The maximum atomic E-state index is 13.8. The zero-order valence-electron chi connectivity index (χ0n) is 10.9. The second-order valence-electron chi connectivity index (χ2n) is 4.28. The first-order valence-electron chi connectivity index (χ1n) is 6.12. The molecule has 0 aromatic heterocycles. The molecule has 2 rings (SSSR count). The van der Waals surface area contributed by atoms with Gasteiger partial charge in [-0.05, 0) is 41.5 Å². The smallest absolute Gasteiger partial charge is 0.328 e. The largest absolute Gasteiger partial charge is 0.486 e. The quantitative estimate of drug-likeness (QED) is 0.844. The van der Waals surface area contributed by atoms with E-state index in [1.54, 1.807) is 30.3 Å². The van der Waals surface area contributed by atoms with Crippen LogP contribution in [0.5, 0.6) is 5.75 Å². The maximum Gasteiger partial charge on any atom is 0.328 e. The molecular formula is C16H12ClFO3. The van der Waals surface area contributed by atoms with Crippen LogP contribution in [0.25, 0.3) is 6.08 Å². The lowest BCUT2D eigenvalue weighted by atomic mass is 10.2. The molecular weight excluding hydrogens is 295 g/mol. The second kappa shape index (κ2) is 6.90. The molecule has 0 saturated carbocycles. The summed E-state index contributed by atoms with van der Waals surface area (Å²) in [6.45, 7) is 0.221. The molecule has 0 fully saturated rings. The van der Waals surface area contributed by atoms with Gasteiger partial charge in [-0.25, -0.2) is 9.18 Å². The van der Waals surface area contributed by atoms with Crippen LogP contribution in [0.3, 0.4) is 0 Å². The number of carboxylic acid groups (broad SMARTS) is 1. The van der Waals surface area contributed by atoms with Crippen molar-refractivity contribution in [3.63, 3.8) is 0 Å². The van der Waals surface area contributed by atoms with Gasteiger partial charge in [-0.1, -0.05) is 29.8 Å². The first kappa shape index (κ1) is 15.1. The number of benzene rings is 2. The lowest BCUT2D eigenvalue weighted by molar-refractivity contribution is -0.131. The Balaban J connectivity index is 2.04. The maximum absolute atomic E-state index is 13.8. The molecule has 108 valence electrons. The van der Waals surface area contributed by atoms with Crippen LogP contribution in [0.15, 0.2) is 48.5 Å². The predicted octanol–water partition coefficient (Wildman–Crippen LogP) is 4.16. The summed E-state index contributed by atoms with van der Waals surface area (Å²) < 4.78 is 19.2. The summed E-state index contributed by atoms with van der Waals surface area (Å²) in [7, 11) is 0. The van der Waals surface area contributed by atoms with Crippen LogP contribution >= 0.6 is 11.6 Å². The minimum absolute atomic E-state index is 0.109. The third-order valence-corrected chi connectivity index (χ3v) is 2.93. The lowest BCUT2D eigenvalue weighted by Gasteiger charge is -2.08. The van der Waals surface area contributed by atoms with Gasteiger partial charge in [0.2, 0.25) is 0 Å². The van der Waals surface area contributed by atoms with Crippen molar-refractivity contribution in [1.29, 1.82) is 0 Å². The topological polar surface area (TPSA) is 46.5 Å².